The first-order chi connectivity index (χ1) is 17.5. The number of hydrogen-bond donors (Lipinski definition) is 0. The number of piperazine rings is 1. The molecule has 2 aliphatic heterocycles. The summed E-state index contributed by atoms with van der Waals surface area (Å²) in [5.74, 6) is -0.382. The number of carbonyl (C=O) groups is 1. The fraction of sp³-hybridized carbons (Fsp3) is 0.333. The Balaban J connectivity index is 1.30. The summed E-state index contributed by atoms with van der Waals surface area (Å²) in [6, 6.07) is 23.0. The number of aryl methyl sites for hydroxylation is 2. The van der Waals surface area contributed by atoms with Crippen molar-refractivity contribution in [2.45, 2.75) is 32.9 Å². The summed E-state index contributed by atoms with van der Waals surface area (Å²) in [5.41, 5.74) is 5.93. The van der Waals surface area contributed by atoms with Crippen molar-refractivity contribution in [3.05, 3.63) is 106 Å². The van der Waals surface area contributed by atoms with E-state index in [1.807, 2.05) is 19.1 Å². The Labute approximate surface area is 212 Å². The van der Waals surface area contributed by atoms with Gasteiger partial charge in [-0.1, -0.05) is 66.2 Å². The van der Waals surface area contributed by atoms with Crippen LogP contribution in [0.25, 0.3) is 0 Å². The van der Waals surface area contributed by atoms with E-state index in [0.29, 0.717) is 12.0 Å². The van der Waals surface area contributed by atoms with E-state index in [1.54, 1.807) is 12.1 Å². The van der Waals surface area contributed by atoms with E-state index in [4.69, 9.17) is 5.10 Å². The number of carbonyl (C=O) groups excluding carboxylic acids is 1. The van der Waals surface area contributed by atoms with Crippen molar-refractivity contribution in [2.24, 2.45) is 5.10 Å². The van der Waals surface area contributed by atoms with Gasteiger partial charge in [0.1, 0.15) is 5.82 Å². The third-order valence-electron chi connectivity index (χ3n) is 7.21. The van der Waals surface area contributed by atoms with Crippen LogP contribution in [0.15, 0.2) is 77.9 Å². The summed E-state index contributed by atoms with van der Waals surface area (Å²) >= 11 is 0. The van der Waals surface area contributed by atoms with E-state index in [9.17, 15) is 9.18 Å². The maximum absolute atomic E-state index is 14.8. The fourth-order valence-corrected chi connectivity index (χ4v) is 5.15. The first-order valence-corrected chi connectivity index (χ1v) is 12.7. The largest absolute Gasteiger partial charge is 0.297 e. The number of hydrazone groups is 1. The lowest BCUT2D eigenvalue weighted by atomic mass is 9.95. The van der Waals surface area contributed by atoms with E-state index < -0.39 is 6.04 Å². The summed E-state index contributed by atoms with van der Waals surface area (Å²) in [6.45, 7) is 8.78. The summed E-state index contributed by atoms with van der Waals surface area (Å²) < 4.78 is 14.8. The first kappa shape index (κ1) is 24.3. The van der Waals surface area contributed by atoms with Crippen LogP contribution in [0.1, 0.15) is 40.3 Å². The van der Waals surface area contributed by atoms with Gasteiger partial charge in [-0.15, -0.1) is 0 Å². The molecule has 0 saturated carbocycles. The van der Waals surface area contributed by atoms with Crippen molar-refractivity contribution in [3.63, 3.8) is 0 Å². The van der Waals surface area contributed by atoms with Gasteiger partial charge in [-0.3, -0.25) is 14.6 Å². The maximum Gasteiger partial charge on any atom is 0.257 e. The second-order valence-electron chi connectivity index (χ2n) is 9.88. The standard InChI is InChI=1S/C30H33FN4O/c1-22-12-13-23(2)26(18-22)28-19-29(25-10-6-7-11-27(25)31)35(32-28)30(36)21-34-16-14-33(15-17-34)20-24-8-4-3-5-9-24/h3-13,18,29H,14-17,19-21H2,1-2H3/t29-/m1/s1. The maximum atomic E-state index is 14.8. The van der Waals surface area contributed by atoms with Gasteiger partial charge in [0.25, 0.3) is 5.91 Å². The molecule has 0 radical (unpaired) electrons. The Kier molecular flexibility index (Phi) is 7.25. The predicted octanol–water partition coefficient (Wildman–Crippen LogP) is 4.94. The van der Waals surface area contributed by atoms with Crippen LogP contribution in [-0.4, -0.2) is 59.2 Å². The SMILES string of the molecule is Cc1ccc(C)c(C2=NN(C(=O)CN3CCN(Cc4ccccc4)CC3)[C@@H](c3ccccc3F)C2)c1. The third-order valence-corrected chi connectivity index (χ3v) is 7.21. The summed E-state index contributed by atoms with van der Waals surface area (Å²) in [7, 11) is 0. The number of hydrogen-bond acceptors (Lipinski definition) is 4. The quantitative estimate of drug-likeness (QED) is 0.498. The van der Waals surface area contributed by atoms with Crippen LogP contribution >= 0.6 is 0 Å². The molecule has 2 heterocycles. The van der Waals surface area contributed by atoms with E-state index in [-0.39, 0.29) is 18.3 Å². The molecule has 0 aliphatic carbocycles. The van der Waals surface area contributed by atoms with Gasteiger partial charge >= 0.3 is 0 Å². The molecule has 1 fully saturated rings. The Morgan fingerprint density at radius 1 is 0.917 bits per heavy atom. The molecule has 3 aromatic carbocycles. The molecule has 0 bridgehead atoms. The number of nitrogens with zero attached hydrogens (tertiary/aromatic N) is 4. The van der Waals surface area contributed by atoms with Crippen molar-refractivity contribution in [1.29, 1.82) is 0 Å². The molecule has 1 amide bonds. The van der Waals surface area contributed by atoms with Crippen LogP contribution in [0, 0.1) is 19.7 Å². The second-order valence-corrected chi connectivity index (χ2v) is 9.88. The Morgan fingerprint density at radius 2 is 1.61 bits per heavy atom. The van der Waals surface area contributed by atoms with E-state index in [1.165, 1.54) is 16.6 Å². The van der Waals surface area contributed by atoms with E-state index >= 15 is 0 Å². The molecule has 0 spiro atoms. The molecule has 5 nitrogen and oxygen atoms in total. The average molecular weight is 485 g/mol. The number of benzene rings is 3. The van der Waals surface area contributed by atoms with E-state index in [2.05, 4.69) is 59.2 Å². The molecule has 36 heavy (non-hydrogen) atoms. The highest BCUT2D eigenvalue weighted by Gasteiger charge is 2.35. The van der Waals surface area contributed by atoms with Crippen LogP contribution in [0.5, 0.6) is 0 Å². The van der Waals surface area contributed by atoms with Crippen LogP contribution in [0.2, 0.25) is 0 Å². The molecule has 6 heteroatoms. The molecular weight excluding hydrogens is 451 g/mol. The highest BCUT2D eigenvalue weighted by molar-refractivity contribution is 6.04. The van der Waals surface area contributed by atoms with Gasteiger partial charge in [0.2, 0.25) is 0 Å². The monoisotopic (exact) mass is 484 g/mol. The molecule has 0 N–H and O–H groups in total. The lowest BCUT2D eigenvalue weighted by Crippen LogP contribution is -2.49. The molecule has 0 unspecified atom stereocenters. The van der Waals surface area contributed by atoms with Gasteiger partial charge in [-0.25, -0.2) is 9.40 Å². The average Bonchev–Trinajstić information content (AvgIpc) is 3.33. The Bertz CT molecular complexity index is 1250. The molecule has 1 atom stereocenters. The second kappa shape index (κ2) is 10.7. The Hall–Kier alpha value is -3.35. The lowest BCUT2D eigenvalue weighted by molar-refractivity contribution is -0.134. The minimum absolute atomic E-state index is 0.0833. The van der Waals surface area contributed by atoms with Crippen molar-refractivity contribution in [2.75, 3.05) is 32.7 Å². The van der Waals surface area contributed by atoms with Crippen molar-refractivity contribution < 1.29 is 9.18 Å². The molecule has 2 aliphatic rings. The zero-order chi connectivity index (χ0) is 25.1. The molecule has 186 valence electrons. The third kappa shape index (κ3) is 5.40. The highest BCUT2D eigenvalue weighted by atomic mass is 19.1. The van der Waals surface area contributed by atoms with Crippen LogP contribution in [0.4, 0.5) is 4.39 Å². The lowest BCUT2D eigenvalue weighted by Gasteiger charge is -2.35. The highest BCUT2D eigenvalue weighted by Crippen LogP contribution is 2.35. The smallest absolute Gasteiger partial charge is 0.257 e. The molecule has 0 aromatic heterocycles. The van der Waals surface area contributed by atoms with Gasteiger partial charge in [0, 0.05) is 50.3 Å². The predicted molar refractivity (Wildman–Crippen MR) is 141 cm³/mol. The van der Waals surface area contributed by atoms with Crippen molar-refractivity contribution in [3.8, 4) is 0 Å². The van der Waals surface area contributed by atoms with Crippen molar-refractivity contribution in [1.82, 2.24) is 14.8 Å². The van der Waals surface area contributed by atoms with Gasteiger partial charge in [0.05, 0.1) is 18.3 Å². The fourth-order valence-electron chi connectivity index (χ4n) is 5.15. The number of rotatable bonds is 6. The number of halogens is 1. The van der Waals surface area contributed by atoms with Gasteiger partial charge < -0.3 is 0 Å². The number of amides is 1. The minimum Gasteiger partial charge on any atom is -0.297 e. The van der Waals surface area contributed by atoms with Crippen LogP contribution in [0.3, 0.4) is 0 Å². The zero-order valence-electron chi connectivity index (χ0n) is 21.0. The zero-order valence-corrected chi connectivity index (χ0v) is 21.0. The molecule has 3 aromatic rings. The minimum atomic E-state index is -0.437. The van der Waals surface area contributed by atoms with Gasteiger partial charge in [0.15, 0.2) is 0 Å². The summed E-state index contributed by atoms with van der Waals surface area (Å²) in [6.07, 6.45) is 0.502. The molecule has 1 saturated heterocycles. The van der Waals surface area contributed by atoms with E-state index in [0.717, 1.165) is 55.1 Å². The topological polar surface area (TPSA) is 39.2 Å². The molecule has 5 rings (SSSR count). The Morgan fingerprint density at radius 3 is 2.36 bits per heavy atom. The first-order valence-electron chi connectivity index (χ1n) is 12.7. The normalized spacial score (nSPS) is 18.9. The van der Waals surface area contributed by atoms with Crippen LogP contribution < -0.4 is 0 Å². The summed E-state index contributed by atoms with van der Waals surface area (Å²) in [5, 5.41) is 6.33. The van der Waals surface area contributed by atoms with Crippen molar-refractivity contribution >= 4 is 11.6 Å². The summed E-state index contributed by atoms with van der Waals surface area (Å²) in [4.78, 5) is 18.2. The van der Waals surface area contributed by atoms with Gasteiger partial charge in [-0.05, 0) is 37.1 Å². The molecular formula is C30H33FN4O. The van der Waals surface area contributed by atoms with Crippen LogP contribution in [-0.2, 0) is 11.3 Å². The van der Waals surface area contributed by atoms with Gasteiger partial charge in [-0.2, -0.15) is 5.10 Å².